The summed E-state index contributed by atoms with van der Waals surface area (Å²) in [7, 11) is 1.64. The van der Waals surface area contributed by atoms with E-state index >= 15 is 0 Å². The minimum absolute atomic E-state index is 0.00157. The van der Waals surface area contributed by atoms with Crippen LogP contribution in [0.1, 0.15) is 16.7 Å². The van der Waals surface area contributed by atoms with Crippen LogP contribution in [0.3, 0.4) is 0 Å². The summed E-state index contributed by atoms with van der Waals surface area (Å²) in [5, 5.41) is 2.81. The van der Waals surface area contributed by atoms with E-state index in [0.717, 1.165) is 16.7 Å². The van der Waals surface area contributed by atoms with Crippen molar-refractivity contribution in [1.82, 2.24) is 14.7 Å². The lowest BCUT2D eigenvalue weighted by atomic mass is 10.1. The lowest BCUT2D eigenvalue weighted by Gasteiger charge is -2.35. The molecule has 3 amide bonds. The normalized spacial score (nSPS) is 14.2. The Labute approximate surface area is 190 Å². The van der Waals surface area contributed by atoms with Gasteiger partial charge in [0.05, 0.1) is 19.5 Å². The summed E-state index contributed by atoms with van der Waals surface area (Å²) in [4.78, 5) is 42.8. The van der Waals surface area contributed by atoms with Crippen molar-refractivity contribution in [3.05, 3.63) is 65.2 Å². The molecule has 1 saturated heterocycles. The molecule has 2 aromatic rings. The van der Waals surface area contributed by atoms with Gasteiger partial charge in [-0.25, -0.2) is 0 Å². The molecule has 170 valence electrons. The molecule has 7 nitrogen and oxygen atoms in total. The number of aryl methyl sites for hydroxylation is 2. The van der Waals surface area contributed by atoms with Crippen LogP contribution in [-0.2, 0) is 20.8 Å². The maximum Gasteiger partial charge on any atom is 0.243 e. The summed E-state index contributed by atoms with van der Waals surface area (Å²) in [5.41, 5.74) is 4.01. The largest absolute Gasteiger partial charge is 0.340 e. The molecule has 0 radical (unpaired) electrons. The Hall–Kier alpha value is -3.19. The van der Waals surface area contributed by atoms with Crippen LogP contribution in [-0.4, -0.2) is 78.7 Å². The topological polar surface area (TPSA) is 73.0 Å². The third-order valence-electron chi connectivity index (χ3n) is 5.83. The molecule has 0 spiro atoms. The van der Waals surface area contributed by atoms with E-state index in [1.807, 2.05) is 72.2 Å². The fraction of sp³-hybridized carbons (Fsp3) is 0.400. The van der Waals surface area contributed by atoms with Gasteiger partial charge in [-0.2, -0.15) is 0 Å². The third-order valence-corrected chi connectivity index (χ3v) is 5.83. The van der Waals surface area contributed by atoms with Crippen molar-refractivity contribution in [3.63, 3.8) is 0 Å². The highest BCUT2D eigenvalue weighted by Crippen LogP contribution is 2.11. The third kappa shape index (κ3) is 6.65. The molecular formula is C25H32N4O3. The minimum atomic E-state index is -0.226. The average molecular weight is 437 g/mol. The van der Waals surface area contributed by atoms with Gasteiger partial charge in [-0.1, -0.05) is 42.0 Å². The number of nitrogens with zero attached hydrogens (tertiary/aromatic N) is 3. The van der Waals surface area contributed by atoms with Crippen LogP contribution in [0.15, 0.2) is 48.5 Å². The van der Waals surface area contributed by atoms with E-state index < -0.39 is 0 Å². The second-order valence-corrected chi connectivity index (χ2v) is 8.42. The molecule has 0 bridgehead atoms. The zero-order chi connectivity index (χ0) is 23.1. The number of carbonyl (C=O) groups is 3. The predicted octanol–water partition coefficient (Wildman–Crippen LogP) is 2.09. The van der Waals surface area contributed by atoms with Crippen LogP contribution in [0.4, 0.5) is 5.69 Å². The van der Waals surface area contributed by atoms with Gasteiger partial charge in [0.25, 0.3) is 0 Å². The molecule has 0 saturated carbocycles. The smallest absolute Gasteiger partial charge is 0.243 e. The zero-order valence-corrected chi connectivity index (χ0v) is 19.1. The van der Waals surface area contributed by atoms with Gasteiger partial charge in [0.15, 0.2) is 0 Å². The number of benzene rings is 2. The number of rotatable bonds is 7. The lowest BCUT2D eigenvalue weighted by Crippen LogP contribution is -2.52. The summed E-state index contributed by atoms with van der Waals surface area (Å²) >= 11 is 0. The molecule has 0 aliphatic carbocycles. The second-order valence-electron chi connectivity index (χ2n) is 8.42. The Balaban J connectivity index is 1.40. The van der Waals surface area contributed by atoms with E-state index in [4.69, 9.17) is 0 Å². The molecule has 1 aliphatic heterocycles. The minimum Gasteiger partial charge on any atom is -0.340 e. The van der Waals surface area contributed by atoms with E-state index in [1.54, 1.807) is 7.05 Å². The molecule has 1 fully saturated rings. The summed E-state index contributed by atoms with van der Waals surface area (Å²) in [5.74, 6) is -0.213. The number of carbonyl (C=O) groups excluding carboxylic acids is 3. The van der Waals surface area contributed by atoms with Gasteiger partial charge in [-0.3, -0.25) is 19.3 Å². The molecule has 1 aliphatic rings. The van der Waals surface area contributed by atoms with Gasteiger partial charge >= 0.3 is 0 Å². The number of hydrogen-bond donors (Lipinski definition) is 1. The first-order valence-corrected chi connectivity index (χ1v) is 11.0. The standard InChI is InChI=1S/C25H32N4O3/c1-19-8-10-22(11-9-19)26-23(30)17-27(3)25(32)18-28-12-14-29(15-13-28)24(31)16-21-7-5-4-6-20(21)2/h4-11H,12-18H2,1-3H3,(H,26,30). The van der Waals surface area contributed by atoms with Crippen LogP contribution in [0.25, 0.3) is 0 Å². The molecule has 1 heterocycles. The van der Waals surface area contributed by atoms with Crippen LogP contribution in [0.5, 0.6) is 0 Å². The Bertz CT molecular complexity index is 950. The molecule has 3 rings (SSSR count). The van der Waals surface area contributed by atoms with Crippen LogP contribution in [0, 0.1) is 13.8 Å². The second kappa shape index (κ2) is 10.9. The van der Waals surface area contributed by atoms with Gasteiger partial charge < -0.3 is 15.1 Å². The Morgan fingerprint density at radius 2 is 1.59 bits per heavy atom. The number of likely N-dealkylation sites (N-methyl/N-ethyl adjacent to an activating group) is 1. The van der Waals surface area contributed by atoms with Crippen molar-refractivity contribution < 1.29 is 14.4 Å². The van der Waals surface area contributed by atoms with Crippen molar-refractivity contribution in [2.45, 2.75) is 20.3 Å². The number of hydrogen-bond acceptors (Lipinski definition) is 4. The Kier molecular flexibility index (Phi) is 8.00. The molecule has 1 N–H and O–H groups in total. The van der Waals surface area contributed by atoms with E-state index in [2.05, 4.69) is 5.32 Å². The zero-order valence-electron chi connectivity index (χ0n) is 19.1. The van der Waals surface area contributed by atoms with Crippen LogP contribution in [0.2, 0.25) is 0 Å². The van der Waals surface area contributed by atoms with Gasteiger partial charge in [-0.15, -0.1) is 0 Å². The predicted molar refractivity (Wildman–Crippen MR) is 125 cm³/mol. The number of amides is 3. The molecule has 0 atom stereocenters. The number of piperazine rings is 1. The highest BCUT2D eigenvalue weighted by Gasteiger charge is 2.24. The summed E-state index contributed by atoms with van der Waals surface area (Å²) in [6.07, 6.45) is 0.407. The van der Waals surface area contributed by atoms with E-state index in [0.29, 0.717) is 38.3 Å². The van der Waals surface area contributed by atoms with Gasteiger partial charge in [0, 0.05) is 38.9 Å². The lowest BCUT2D eigenvalue weighted by molar-refractivity contribution is -0.136. The summed E-state index contributed by atoms with van der Waals surface area (Å²) in [6.45, 7) is 6.76. The van der Waals surface area contributed by atoms with Crippen molar-refractivity contribution in [3.8, 4) is 0 Å². The molecule has 2 aromatic carbocycles. The van der Waals surface area contributed by atoms with E-state index in [1.165, 1.54) is 4.90 Å². The van der Waals surface area contributed by atoms with Gasteiger partial charge in [-0.05, 0) is 37.1 Å². The van der Waals surface area contributed by atoms with Crippen molar-refractivity contribution in [2.24, 2.45) is 0 Å². The molecule has 0 unspecified atom stereocenters. The number of nitrogens with one attached hydrogen (secondary N) is 1. The monoisotopic (exact) mass is 436 g/mol. The highest BCUT2D eigenvalue weighted by atomic mass is 16.2. The maximum absolute atomic E-state index is 12.6. The first kappa shape index (κ1) is 23.5. The molecule has 0 aromatic heterocycles. The molecule has 32 heavy (non-hydrogen) atoms. The Morgan fingerprint density at radius 3 is 2.25 bits per heavy atom. The van der Waals surface area contributed by atoms with E-state index in [9.17, 15) is 14.4 Å². The quantitative estimate of drug-likeness (QED) is 0.721. The first-order chi connectivity index (χ1) is 15.3. The van der Waals surface area contributed by atoms with Crippen molar-refractivity contribution in [1.29, 1.82) is 0 Å². The fourth-order valence-corrected chi connectivity index (χ4v) is 3.69. The summed E-state index contributed by atoms with van der Waals surface area (Å²) < 4.78 is 0. The van der Waals surface area contributed by atoms with Gasteiger partial charge in [0.2, 0.25) is 17.7 Å². The molecule has 7 heteroatoms. The maximum atomic E-state index is 12.6. The van der Waals surface area contributed by atoms with Crippen LogP contribution < -0.4 is 5.32 Å². The fourth-order valence-electron chi connectivity index (χ4n) is 3.69. The van der Waals surface area contributed by atoms with Crippen molar-refractivity contribution in [2.75, 3.05) is 51.6 Å². The molecular weight excluding hydrogens is 404 g/mol. The SMILES string of the molecule is Cc1ccc(NC(=O)CN(C)C(=O)CN2CCN(C(=O)Cc3ccccc3C)CC2)cc1. The Morgan fingerprint density at radius 1 is 0.938 bits per heavy atom. The van der Waals surface area contributed by atoms with Gasteiger partial charge in [0.1, 0.15) is 0 Å². The average Bonchev–Trinajstić information content (AvgIpc) is 2.77. The van der Waals surface area contributed by atoms with Crippen LogP contribution >= 0.6 is 0 Å². The summed E-state index contributed by atoms with van der Waals surface area (Å²) in [6, 6.07) is 15.5. The highest BCUT2D eigenvalue weighted by molar-refractivity contribution is 5.94. The van der Waals surface area contributed by atoms with Crippen molar-refractivity contribution >= 4 is 23.4 Å². The van der Waals surface area contributed by atoms with E-state index in [-0.39, 0.29) is 30.8 Å². The first-order valence-electron chi connectivity index (χ1n) is 11.0. The number of anilines is 1.